The van der Waals surface area contributed by atoms with Gasteiger partial charge < -0.3 is 5.11 Å². The number of Topliss-reactive ketones (excluding diaryl/α,β-unsaturated/α-hetero) is 1. The van der Waals surface area contributed by atoms with Crippen LogP contribution in [0.2, 0.25) is 0 Å². The maximum absolute atomic E-state index is 11.1. The molecule has 0 aliphatic carbocycles. The fourth-order valence-corrected chi connectivity index (χ4v) is 3.56. The molecule has 0 amide bonds. The van der Waals surface area contributed by atoms with E-state index in [-0.39, 0.29) is 12.2 Å². The van der Waals surface area contributed by atoms with Crippen LogP contribution in [0.25, 0.3) is 22.4 Å². The van der Waals surface area contributed by atoms with Crippen molar-refractivity contribution in [1.29, 1.82) is 0 Å². The van der Waals surface area contributed by atoms with Crippen LogP contribution in [-0.4, -0.2) is 22.0 Å². The van der Waals surface area contributed by atoms with Gasteiger partial charge in [-0.3, -0.25) is 9.78 Å². The molecule has 1 atom stereocenters. The number of ketones is 1. The summed E-state index contributed by atoms with van der Waals surface area (Å²) in [6.07, 6.45) is 2.90. The molecule has 1 aromatic heterocycles. The number of hydrogen-bond donors (Lipinski definition) is 1. The number of aliphatic hydroxyl groups is 1. The van der Waals surface area contributed by atoms with E-state index >= 15 is 0 Å². The summed E-state index contributed by atoms with van der Waals surface area (Å²) < 4.78 is 0. The molecule has 0 spiro atoms. The zero-order chi connectivity index (χ0) is 20.6. The monoisotopic (exact) mass is 387 g/mol. The summed E-state index contributed by atoms with van der Waals surface area (Å²) in [5, 5.41) is 9.92. The summed E-state index contributed by atoms with van der Waals surface area (Å²) in [5.41, 5.74) is 6.70. The molecule has 0 saturated carbocycles. The molecule has 2 aromatic carbocycles. The number of carbonyl (C=O) groups excluding carboxylic acids is 1. The minimum absolute atomic E-state index is 0.0282. The van der Waals surface area contributed by atoms with E-state index in [0.29, 0.717) is 6.42 Å². The number of benzene rings is 2. The van der Waals surface area contributed by atoms with Gasteiger partial charge in [0, 0.05) is 23.2 Å². The number of nitrogens with zero attached hydrogens (tertiary/aromatic N) is 1. The number of rotatable bonds is 9. The van der Waals surface area contributed by atoms with E-state index in [9.17, 15) is 9.90 Å². The minimum Gasteiger partial charge on any atom is -0.393 e. The van der Waals surface area contributed by atoms with Gasteiger partial charge >= 0.3 is 0 Å². The van der Waals surface area contributed by atoms with E-state index < -0.39 is 6.10 Å². The lowest BCUT2D eigenvalue weighted by atomic mass is 9.97. The van der Waals surface area contributed by atoms with Gasteiger partial charge in [0.2, 0.25) is 0 Å². The predicted octanol–water partition coefficient (Wildman–Crippen LogP) is 5.64. The molecular weight excluding hydrogens is 358 g/mol. The Morgan fingerprint density at radius 2 is 1.69 bits per heavy atom. The second kappa shape index (κ2) is 10.1. The van der Waals surface area contributed by atoms with Gasteiger partial charge in [0.25, 0.3) is 0 Å². The van der Waals surface area contributed by atoms with Gasteiger partial charge in [0.1, 0.15) is 5.78 Å². The topological polar surface area (TPSA) is 50.2 Å². The normalized spacial score (nSPS) is 12.0. The van der Waals surface area contributed by atoms with Gasteiger partial charge in [0.05, 0.1) is 11.8 Å². The standard InChI is InChI=1S/C26H29NO2/c1-3-20-12-14-21(15-13-20)25-17-16-23(10-7-11-24(29)18-19(2)28)27-26(25)22-8-5-4-6-9-22/h4-6,8-9,12-17,24,29H,3,7,10-11,18H2,1-2H3. The van der Waals surface area contributed by atoms with E-state index in [4.69, 9.17) is 4.98 Å². The number of aryl methyl sites for hydroxylation is 2. The SMILES string of the molecule is CCc1ccc(-c2ccc(CCCC(O)CC(C)=O)nc2-c2ccccc2)cc1. The smallest absolute Gasteiger partial charge is 0.132 e. The first kappa shape index (κ1) is 20.9. The van der Waals surface area contributed by atoms with Crippen molar-refractivity contribution in [2.45, 2.75) is 52.1 Å². The molecule has 0 saturated heterocycles. The van der Waals surface area contributed by atoms with Gasteiger partial charge in [-0.15, -0.1) is 0 Å². The van der Waals surface area contributed by atoms with Crippen molar-refractivity contribution in [2.75, 3.05) is 0 Å². The number of hydrogen-bond acceptors (Lipinski definition) is 3. The summed E-state index contributed by atoms with van der Waals surface area (Å²) in [7, 11) is 0. The molecular formula is C26H29NO2. The Labute approximate surface area is 173 Å². The first-order valence-corrected chi connectivity index (χ1v) is 10.4. The minimum atomic E-state index is -0.558. The fraction of sp³-hybridized carbons (Fsp3) is 0.308. The highest BCUT2D eigenvalue weighted by atomic mass is 16.3. The van der Waals surface area contributed by atoms with Crippen LogP contribution < -0.4 is 0 Å². The molecule has 1 N–H and O–H groups in total. The lowest BCUT2D eigenvalue weighted by molar-refractivity contribution is -0.118. The number of aromatic nitrogens is 1. The van der Waals surface area contributed by atoms with Gasteiger partial charge in [-0.2, -0.15) is 0 Å². The molecule has 3 aromatic rings. The van der Waals surface area contributed by atoms with Crippen LogP contribution in [0.3, 0.4) is 0 Å². The van der Waals surface area contributed by atoms with Crippen LogP contribution in [-0.2, 0) is 17.6 Å². The summed E-state index contributed by atoms with van der Waals surface area (Å²) >= 11 is 0. The first-order valence-electron chi connectivity index (χ1n) is 10.4. The largest absolute Gasteiger partial charge is 0.393 e. The lowest BCUT2D eigenvalue weighted by Crippen LogP contribution is -2.11. The Hall–Kier alpha value is -2.78. The van der Waals surface area contributed by atoms with E-state index in [1.807, 2.05) is 18.2 Å². The third-order valence-electron chi connectivity index (χ3n) is 5.17. The number of pyridine rings is 1. The van der Waals surface area contributed by atoms with Crippen molar-refractivity contribution < 1.29 is 9.90 Å². The van der Waals surface area contributed by atoms with Crippen molar-refractivity contribution in [3.63, 3.8) is 0 Å². The molecule has 1 heterocycles. The van der Waals surface area contributed by atoms with E-state index in [1.165, 1.54) is 12.5 Å². The van der Waals surface area contributed by atoms with Crippen LogP contribution in [0.4, 0.5) is 0 Å². The van der Waals surface area contributed by atoms with Gasteiger partial charge in [-0.05, 0) is 49.8 Å². The van der Waals surface area contributed by atoms with Crippen LogP contribution in [0, 0.1) is 0 Å². The van der Waals surface area contributed by atoms with Gasteiger partial charge in [-0.25, -0.2) is 0 Å². The van der Waals surface area contributed by atoms with Crippen LogP contribution in [0.15, 0.2) is 66.7 Å². The van der Waals surface area contributed by atoms with Gasteiger partial charge in [-0.1, -0.05) is 67.6 Å². The maximum Gasteiger partial charge on any atom is 0.132 e. The highest BCUT2D eigenvalue weighted by molar-refractivity contribution is 5.81. The Bertz CT molecular complexity index is 933. The van der Waals surface area contributed by atoms with Gasteiger partial charge in [0.15, 0.2) is 0 Å². The second-order valence-corrected chi connectivity index (χ2v) is 7.57. The zero-order valence-electron chi connectivity index (χ0n) is 17.3. The van der Waals surface area contributed by atoms with Crippen LogP contribution >= 0.6 is 0 Å². The van der Waals surface area contributed by atoms with Crippen molar-refractivity contribution in [3.8, 4) is 22.4 Å². The van der Waals surface area contributed by atoms with Crippen molar-refractivity contribution >= 4 is 5.78 Å². The van der Waals surface area contributed by atoms with Crippen molar-refractivity contribution in [1.82, 2.24) is 4.98 Å². The average molecular weight is 388 g/mol. The third kappa shape index (κ3) is 5.85. The molecule has 3 nitrogen and oxygen atoms in total. The molecule has 1 unspecified atom stereocenters. The highest BCUT2D eigenvalue weighted by Gasteiger charge is 2.12. The third-order valence-corrected chi connectivity index (χ3v) is 5.17. The fourth-order valence-electron chi connectivity index (χ4n) is 3.56. The summed E-state index contributed by atoms with van der Waals surface area (Å²) in [6, 6.07) is 23.2. The summed E-state index contributed by atoms with van der Waals surface area (Å²) in [5.74, 6) is 0.0282. The predicted molar refractivity (Wildman–Crippen MR) is 119 cm³/mol. The summed E-state index contributed by atoms with van der Waals surface area (Å²) in [4.78, 5) is 16.1. The Kier molecular flexibility index (Phi) is 7.31. The average Bonchev–Trinajstić information content (AvgIpc) is 2.74. The highest BCUT2D eigenvalue weighted by Crippen LogP contribution is 2.31. The second-order valence-electron chi connectivity index (χ2n) is 7.57. The molecule has 0 fully saturated rings. The van der Waals surface area contributed by atoms with E-state index in [0.717, 1.165) is 47.3 Å². The number of aliphatic hydroxyl groups excluding tert-OH is 1. The first-order chi connectivity index (χ1) is 14.1. The molecule has 3 heteroatoms. The molecule has 0 aliphatic rings. The van der Waals surface area contributed by atoms with E-state index in [2.05, 4.69) is 55.5 Å². The maximum atomic E-state index is 11.1. The van der Waals surface area contributed by atoms with Crippen molar-refractivity contribution in [3.05, 3.63) is 78.0 Å². The molecule has 0 radical (unpaired) electrons. The van der Waals surface area contributed by atoms with Crippen LogP contribution in [0.1, 0.15) is 44.4 Å². The van der Waals surface area contributed by atoms with Crippen LogP contribution in [0.5, 0.6) is 0 Å². The van der Waals surface area contributed by atoms with E-state index in [1.54, 1.807) is 0 Å². The molecule has 0 aliphatic heterocycles. The molecule has 29 heavy (non-hydrogen) atoms. The van der Waals surface area contributed by atoms with Crippen molar-refractivity contribution in [2.24, 2.45) is 0 Å². The Morgan fingerprint density at radius 3 is 2.34 bits per heavy atom. The Balaban J connectivity index is 1.84. The Morgan fingerprint density at radius 1 is 0.966 bits per heavy atom. The lowest BCUT2D eigenvalue weighted by Gasteiger charge is -2.13. The number of carbonyl (C=O) groups is 1. The molecule has 150 valence electrons. The summed E-state index contributed by atoms with van der Waals surface area (Å²) in [6.45, 7) is 3.68. The molecule has 0 bridgehead atoms. The molecule has 3 rings (SSSR count). The zero-order valence-corrected chi connectivity index (χ0v) is 17.3. The quantitative estimate of drug-likeness (QED) is 0.517.